The summed E-state index contributed by atoms with van der Waals surface area (Å²) in [6.45, 7) is 64.0. The van der Waals surface area contributed by atoms with Crippen LogP contribution >= 0.6 is 45.9 Å². The summed E-state index contributed by atoms with van der Waals surface area (Å²) in [5.41, 5.74) is 6.52. The number of aromatic nitrogens is 4. The second-order valence-corrected chi connectivity index (χ2v) is 38.9. The molecule has 2 unspecified atom stereocenters. The molecule has 27 heteroatoms. The molecule has 8 aromatic rings. The normalized spacial score (nSPS) is 15.4. The molecular formula is C100H145Cl2F14N7O2S2. The average molecular weight is 1880 g/mol. The molecule has 0 amide bonds. The van der Waals surface area contributed by atoms with Gasteiger partial charge in [0.15, 0.2) is 10.7 Å². The lowest BCUT2D eigenvalue weighted by Crippen LogP contribution is -2.42. The summed E-state index contributed by atoms with van der Waals surface area (Å²) in [6, 6.07) is 38.4. The summed E-state index contributed by atoms with van der Waals surface area (Å²) < 4.78 is 172. The van der Waals surface area contributed by atoms with E-state index in [-0.39, 0.29) is 41.3 Å². The Hall–Kier alpha value is -6.71. The average Bonchev–Trinajstić information content (AvgIpc) is 1.39. The minimum Gasteiger partial charge on any atom is -0.387 e. The Bertz CT molecular complexity index is 4060. The van der Waals surface area contributed by atoms with Crippen molar-refractivity contribution < 1.29 is 66.6 Å². The topological polar surface area (TPSA) is 93.5 Å². The van der Waals surface area contributed by atoms with Crippen molar-refractivity contribution in [2.75, 3.05) is 39.3 Å². The van der Waals surface area contributed by atoms with Crippen molar-refractivity contribution in [1.29, 1.82) is 0 Å². The molecule has 716 valence electrons. The highest BCUT2D eigenvalue weighted by atomic mass is 35.5. The fourth-order valence-electron chi connectivity index (χ4n) is 12.3. The van der Waals surface area contributed by atoms with Gasteiger partial charge in [-0.3, -0.25) is 19.3 Å². The number of H-pyrrole nitrogens is 1. The van der Waals surface area contributed by atoms with Crippen molar-refractivity contribution >= 4 is 45.9 Å². The van der Waals surface area contributed by atoms with Crippen molar-refractivity contribution in [2.24, 2.45) is 23.7 Å². The second-order valence-electron chi connectivity index (χ2n) is 35.9. The molecule has 11 rings (SSSR count). The number of alkyl halides is 13. The van der Waals surface area contributed by atoms with E-state index in [4.69, 9.17) is 23.2 Å². The number of thiophene rings is 1. The lowest BCUT2D eigenvalue weighted by molar-refractivity contribution is -0.141. The summed E-state index contributed by atoms with van der Waals surface area (Å²) >= 11 is 13.0. The molecule has 7 heterocycles. The highest BCUT2D eigenvalue weighted by molar-refractivity contribution is 7.12. The molecule has 2 N–H and O–H groups in total. The number of nitrogens with zero attached hydrogens (tertiary/aromatic N) is 6. The van der Waals surface area contributed by atoms with E-state index in [1.54, 1.807) is 19.9 Å². The molecule has 4 aromatic heterocycles. The third-order valence-corrected chi connectivity index (χ3v) is 24.2. The number of piperidine rings is 1. The number of hydrogen-bond donors (Lipinski definition) is 2. The largest absolute Gasteiger partial charge is 0.443 e. The van der Waals surface area contributed by atoms with Gasteiger partial charge in [-0.25, -0.2) is 13.8 Å². The molecular weight excluding hydrogens is 1730 g/mol. The minimum atomic E-state index is -4.33. The van der Waals surface area contributed by atoms with Crippen LogP contribution in [0.5, 0.6) is 0 Å². The van der Waals surface area contributed by atoms with E-state index < -0.39 is 52.0 Å². The van der Waals surface area contributed by atoms with Crippen molar-refractivity contribution in [3.05, 3.63) is 254 Å². The number of aliphatic hydroxyl groups excluding tert-OH is 1. The molecule has 0 radical (unpaired) electrons. The summed E-state index contributed by atoms with van der Waals surface area (Å²) in [5.74, 6) is 5.16. The van der Waals surface area contributed by atoms with Crippen LogP contribution < -0.4 is 5.56 Å². The zero-order chi connectivity index (χ0) is 97.5. The van der Waals surface area contributed by atoms with Crippen molar-refractivity contribution in [3.63, 3.8) is 0 Å². The van der Waals surface area contributed by atoms with Crippen LogP contribution in [-0.4, -0.2) is 109 Å². The summed E-state index contributed by atoms with van der Waals surface area (Å²) in [7, 11) is 0. The molecule has 0 bridgehead atoms. The highest BCUT2D eigenvalue weighted by Crippen LogP contribution is 2.38. The van der Waals surface area contributed by atoms with Crippen LogP contribution in [0.3, 0.4) is 0 Å². The molecule has 9 nitrogen and oxygen atoms in total. The molecule has 4 aromatic carbocycles. The monoisotopic (exact) mass is 1880 g/mol. The smallest absolute Gasteiger partial charge is 0.387 e. The quantitative estimate of drug-likeness (QED) is 0.0827. The lowest BCUT2D eigenvalue weighted by Gasteiger charge is -2.36. The number of halogens is 16. The number of likely N-dealkylation sites (tertiary alicyclic amines) is 1. The maximum atomic E-state index is 13.6. The SMILES string of the molecule is CC(C)C1=CCN(C(C)C)CC1F.CC(C)C1=CCN(C(C)C)CC1O.CC(C)C1CCN(C(C)C)CC1.CC(C)c1ccc(C(F)(F)F)cc1.CC(C)c1ccc(C(F)(F)F)s1.CC(C)c1ccc(Cl)cc1.CC(C)c1ccc(Cl)cc1.CC(C)c1ccc(F)cc1.CC(C)c1cccc(=O)[nH]1.CC(C)c1cnc(C(F)(F)F)s1.CC(C)n1ccc(C(F)(F)F)n1. The molecule has 1 saturated heterocycles. The summed E-state index contributed by atoms with van der Waals surface area (Å²) in [4.78, 5) is 24.8. The van der Waals surface area contributed by atoms with Gasteiger partial charge in [0.25, 0.3) is 0 Å². The Labute approximate surface area is 768 Å². The van der Waals surface area contributed by atoms with Crippen LogP contribution in [0.15, 0.2) is 174 Å². The van der Waals surface area contributed by atoms with Gasteiger partial charge in [-0.1, -0.05) is 228 Å². The van der Waals surface area contributed by atoms with E-state index in [0.29, 0.717) is 70.3 Å². The maximum absolute atomic E-state index is 13.6. The predicted octanol–water partition coefficient (Wildman–Crippen LogP) is 31.9. The number of nitrogens with one attached hydrogen (secondary N) is 1. The van der Waals surface area contributed by atoms with E-state index >= 15 is 0 Å². The van der Waals surface area contributed by atoms with E-state index in [1.807, 2.05) is 97.9 Å². The molecule has 2 atom stereocenters. The fraction of sp³-hybridized carbons (Fsp3) is 0.570. The first-order valence-electron chi connectivity index (χ1n) is 44.0. The van der Waals surface area contributed by atoms with Gasteiger partial charge in [-0.05, 0) is 253 Å². The van der Waals surface area contributed by atoms with Crippen LogP contribution in [0, 0.1) is 29.5 Å². The van der Waals surface area contributed by atoms with Crippen LogP contribution in [0.2, 0.25) is 10.0 Å². The minimum absolute atomic E-state index is 0.0220. The maximum Gasteiger partial charge on any atom is 0.443 e. The lowest BCUT2D eigenvalue weighted by atomic mass is 9.86. The van der Waals surface area contributed by atoms with E-state index in [0.717, 1.165) is 105 Å². The standard InChI is InChI=1S/C11H20FN.C11H21NO.C11H23N.C10H11F3.2C9H11Cl.C9H11F.C8H9F3S.C8H11NO.C7H9F3N2.C7H8F3NS/c1-8(2)10-5-6-13(9(3)4)7-11(10)12;1-8(2)10-5-6-12(9(3)4)7-11(10)13;1-9(2)11-5-7-12(8-6-11)10(3)4;1-7(2)8-3-5-9(6-4-8)10(11,12)13;3*1-7(2)8-3-5-9(10)6-4-8;1-5(2)6-3-4-7(12-6)8(9,10)11;1-6(2)7-4-3-5-8(10)9-7;1-5(2)12-4-3-6(11-12)7(8,9)10;1-4(2)5-3-11-6(12-5)7(8,9)10/h5,8-9,11H,6-7H2,1-4H3;5,8-9,11,13H,6-7H2,1-4H3;9-11H,5-8H2,1-4H3;3-7H,1-2H3;3*3-7H,1-2H3;3-5H,1-2H3;3-6H,1-2H3,(H,9,10);3-5H,1-2H3;3-4H,1-2H3. The van der Waals surface area contributed by atoms with Crippen LogP contribution in [0.25, 0.3) is 0 Å². The molecule has 127 heavy (non-hydrogen) atoms. The van der Waals surface area contributed by atoms with E-state index in [1.165, 1.54) is 102 Å². The van der Waals surface area contributed by atoms with E-state index in [9.17, 15) is 71.4 Å². The van der Waals surface area contributed by atoms with Crippen molar-refractivity contribution in [1.82, 2.24) is 34.4 Å². The van der Waals surface area contributed by atoms with Gasteiger partial charge in [0.05, 0.1) is 11.7 Å². The third kappa shape index (κ3) is 47.3. The number of β-amino-alcohol motifs (C(OH)–C–C–N with tert-alkyl or cyclic N) is 1. The number of benzene rings is 4. The van der Waals surface area contributed by atoms with Crippen LogP contribution in [-0.2, 0) is 24.7 Å². The Kier molecular flexibility index (Phi) is 53.6. The summed E-state index contributed by atoms with van der Waals surface area (Å²) in [6.07, 6.45) is -8.37. The number of rotatable bonds is 14. The van der Waals surface area contributed by atoms with Gasteiger partial charge in [-0.2, -0.15) is 57.8 Å². The number of thiazole rings is 1. The van der Waals surface area contributed by atoms with Crippen LogP contribution in [0.1, 0.15) is 313 Å². The van der Waals surface area contributed by atoms with Gasteiger partial charge < -0.3 is 15.0 Å². The highest BCUT2D eigenvalue weighted by Gasteiger charge is 2.37. The van der Waals surface area contributed by atoms with Crippen molar-refractivity contribution in [2.45, 2.75) is 309 Å². The Morgan fingerprint density at radius 1 is 0.433 bits per heavy atom. The Morgan fingerprint density at radius 3 is 1.13 bits per heavy atom. The number of pyridine rings is 1. The first-order valence-corrected chi connectivity index (χ1v) is 46.4. The number of aromatic amines is 1. The number of hydrogen-bond acceptors (Lipinski definition) is 9. The Morgan fingerprint density at radius 2 is 0.850 bits per heavy atom. The molecule has 0 saturated carbocycles. The van der Waals surface area contributed by atoms with Crippen molar-refractivity contribution in [3.8, 4) is 0 Å². The van der Waals surface area contributed by atoms with Gasteiger partial charge in [0, 0.05) is 94.3 Å². The zero-order valence-electron chi connectivity index (χ0n) is 79.9. The van der Waals surface area contributed by atoms with Gasteiger partial charge in [0.1, 0.15) is 16.9 Å². The molecule has 0 spiro atoms. The first-order chi connectivity index (χ1) is 58.6. The molecule has 1 fully saturated rings. The number of aliphatic hydroxyl groups is 1. The second kappa shape index (κ2) is 57.6. The molecule has 3 aliphatic rings. The van der Waals surface area contributed by atoms with Gasteiger partial charge in [0.2, 0.25) is 5.56 Å². The fourth-order valence-corrected chi connectivity index (χ4v) is 14.3. The third-order valence-electron chi connectivity index (χ3n) is 20.9. The molecule has 0 aliphatic carbocycles. The van der Waals surface area contributed by atoms with Gasteiger partial charge >= 0.3 is 24.7 Å². The van der Waals surface area contributed by atoms with Gasteiger partial charge in [-0.15, -0.1) is 22.7 Å². The summed E-state index contributed by atoms with van der Waals surface area (Å²) in [5, 5.41) is 14.1. The predicted molar refractivity (Wildman–Crippen MR) is 505 cm³/mol. The Balaban J connectivity index is 0.000000699. The zero-order valence-corrected chi connectivity index (χ0v) is 83.0. The molecule has 3 aliphatic heterocycles. The first kappa shape index (κ1) is 118. The van der Waals surface area contributed by atoms with Crippen LogP contribution in [0.4, 0.5) is 61.5 Å². The van der Waals surface area contributed by atoms with E-state index in [2.05, 4.69) is 191 Å².